The van der Waals surface area contributed by atoms with Crippen LogP contribution in [0.2, 0.25) is 0 Å². The summed E-state index contributed by atoms with van der Waals surface area (Å²) >= 11 is 0. The highest BCUT2D eigenvalue weighted by molar-refractivity contribution is 4.92. The zero-order valence-corrected chi connectivity index (χ0v) is 10.5. The van der Waals surface area contributed by atoms with Crippen molar-refractivity contribution in [1.82, 2.24) is 0 Å². The molecule has 3 aliphatic rings. The Balaban J connectivity index is 1.56. The highest BCUT2D eigenvalue weighted by Gasteiger charge is 2.41. The molecule has 0 heterocycles. The summed E-state index contributed by atoms with van der Waals surface area (Å²) in [6.07, 6.45) is 13.6. The molecular formula is C15H27N. The predicted octanol–water partition coefficient (Wildman–Crippen LogP) is 3.58. The predicted molar refractivity (Wildman–Crippen MR) is 68.1 cm³/mol. The zero-order valence-electron chi connectivity index (χ0n) is 10.5. The molecule has 2 bridgehead atoms. The van der Waals surface area contributed by atoms with E-state index in [1.54, 1.807) is 25.7 Å². The fourth-order valence-corrected chi connectivity index (χ4v) is 4.96. The molecule has 5 unspecified atom stereocenters. The second-order valence-corrected chi connectivity index (χ2v) is 6.71. The topological polar surface area (TPSA) is 26.0 Å². The second kappa shape index (κ2) is 4.68. The van der Waals surface area contributed by atoms with Crippen molar-refractivity contribution in [2.24, 2.45) is 35.3 Å². The Bertz CT molecular complexity index is 238. The number of rotatable bonds is 3. The van der Waals surface area contributed by atoms with Gasteiger partial charge in [0.2, 0.25) is 0 Å². The zero-order chi connectivity index (χ0) is 11.0. The third kappa shape index (κ3) is 2.03. The Morgan fingerprint density at radius 3 is 2.25 bits per heavy atom. The highest BCUT2D eigenvalue weighted by atomic mass is 14.6. The summed E-state index contributed by atoms with van der Waals surface area (Å²) in [5.41, 5.74) is 5.94. The van der Waals surface area contributed by atoms with Crippen molar-refractivity contribution in [1.29, 1.82) is 0 Å². The smallest absolute Gasteiger partial charge is 0.00462 e. The maximum atomic E-state index is 5.94. The van der Waals surface area contributed by atoms with E-state index in [4.69, 9.17) is 5.73 Å². The van der Waals surface area contributed by atoms with E-state index in [1.807, 2.05) is 0 Å². The van der Waals surface area contributed by atoms with E-state index in [-0.39, 0.29) is 0 Å². The lowest BCUT2D eigenvalue weighted by Crippen LogP contribution is -2.29. The monoisotopic (exact) mass is 221 g/mol. The van der Waals surface area contributed by atoms with Crippen molar-refractivity contribution < 1.29 is 0 Å². The molecule has 1 nitrogen and oxygen atoms in total. The minimum Gasteiger partial charge on any atom is -0.330 e. The highest BCUT2D eigenvalue weighted by Crippen LogP contribution is 2.51. The first kappa shape index (κ1) is 11.1. The average Bonchev–Trinajstić information content (AvgIpc) is 2.92. The molecule has 16 heavy (non-hydrogen) atoms. The van der Waals surface area contributed by atoms with Gasteiger partial charge in [0.25, 0.3) is 0 Å². The van der Waals surface area contributed by atoms with Gasteiger partial charge in [-0.1, -0.05) is 25.7 Å². The van der Waals surface area contributed by atoms with E-state index >= 15 is 0 Å². The van der Waals surface area contributed by atoms with E-state index in [1.165, 1.54) is 32.1 Å². The Labute approximate surface area is 100 Å². The molecule has 0 saturated heterocycles. The lowest BCUT2D eigenvalue weighted by Gasteiger charge is -2.34. The van der Waals surface area contributed by atoms with Gasteiger partial charge in [-0.25, -0.2) is 0 Å². The standard InChI is InChI=1S/C15H27N/c16-10-14-4-2-1-3-12(14)9-15-8-11-5-6-13(15)7-11/h11-15H,1-10,16H2. The maximum absolute atomic E-state index is 5.94. The molecule has 0 amide bonds. The summed E-state index contributed by atoms with van der Waals surface area (Å²) in [5.74, 6) is 5.19. The van der Waals surface area contributed by atoms with Crippen LogP contribution in [-0.4, -0.2) is 6.54 Å². The molecule has 0 aromatic heterocycles. The Morgan fingerprint density at radius 2 is 1.62 bits per heavy atom. The Kier molecular flexibility index (Phi) is 3.24. The van der Waals surface area contributed by atoms with Gasteiger partial charge in [0.05, 0.1) is 0 Å². The van der Waals surface area contributed by atoms with Crippen molar-refractivity contribution in [3.05, 3.63) is 0 Å². The van der Waals surface area contributed by atoms with Crippen molar-refractivity contribution in [2.45, 2.75) is 57.8 Å². The minimum atomic E-state index is 0.868. The van der Waals surface area contributed by atoms with Crippen LogP contribution in [0.3, 0.4) is 0 Å². The molecule has 92 valence electrons. The van der Waals surface area contributed by atoms with Crippen LogP contribution in [0.5, 0.6) is 0 Å². The molecule has 2 N–H and O–H groups in total. The van der Waals surface area contributed by atoms with E-state index in [0.717, 1.165) is 36.1 Å². The van der Waals surface area contributed by atoms with Crippen LogP contribution in [0.1, 0.15) is 57.8 Å². The number of hydrogen-bond donors (Lipinski definition) is 1. The van der Waals surface area contributed by atoms with Crippen molar-refractivity contribution in [3.63, 3.8) is 0 Å². The Hall–Kier alpha value is -0.0400. The summed E-state index contributed by atoms with van der Waals surface area (Å²) in [6, 6.07) is 0. The SMILES string of the molecule is NCC1CCCCC1CC1CC2CCC1C2. The molecule has 3 saturated carbocycles. The Morgan fingerprint density at radius 1 is 0.812 bits per heavy atom. The van der Waals surface area contributed by atoms with Crippen molar-refractivity contribution >= 4 is 0 Å². The van der Waals surface area contributed by atoms with Gasteiger partial charge in [-0.3, -0.25) is 0 Å². The van der Waals surface area contributed by atoms with Crippen LogP contribution in [0.15, 0.2) is 0 Å². The van der Waals surface area contributed by atoms with Crippen molar-refractivity contribution in [2.75, 3.05) is 6.54 Å². The van der Waals surface area contributed by atoms with Gasteiger partial charge in [-0.2, -0.15) is 0 Å². The first-order valence-corrected chi connectivity index (χ1v) is 7.57. The molecule has 0 aliphatic heterocycles. The molecule has 3 aliphatic carbocycles. The van der Waals surface area contributed by atoms with Crippen LogP contribution in [-0.2, 0) is 0 Å². The van der Waals surface area contributed by atoms with Gasteiger partial charge in [0.15, 0.2) is 0 Å². The molecule has 3 fully saturated rings. The first-order chi connectivity index (χ1) is 7.86. The minimum absolute atomic E-state index is 0.868. The summed E-state index contributed by atoms with van der Waals surface area (Å²) in [5, 5.41) is 0. The first-order valence-electron chi connectivity index (χ1n) is 7.57. The summed E-state index contributed by atoms with van der Waals surface area (Å²) in [7, 11) is 0. The van der Waals surface area contributed by atoms with Gasteiger partial charge in [-0.15, -0.1) is 0 Å². The molecular weight excluding hydrogens is 194 g/mol. The van der Waals surface area contributed by atoms with Gasteiger partial charge in [0.1, 0.15) is 0 Å². The quantitative estimate of drug-likeness (QED) is 0.774. The maximum Gasteiger partial charge on any atom is -0.00462 e. The number of hydrogen-bond acceptors (Lipinski definition) is 1. The fraction of sp³-hybridized carbons (Fsp3) is 1.00. The van der Waals surface area contributed by atoms with Gasteiger partial charge in [0, 0.05) is 0 Å². The van der Waals surface area contributed by atoms with Crippen LogP contribution >= 0.6 is 0 Å². The van der Waals surface area contributed by atoms with E-state index in [0.29, 0.717) is 0 Å². The normalized spacial score (nSPS) is 47.4. The van der Waals surface area contributed by atoms with Crippen LogP contribution in [0, 0.1) is 29.6 Å². The molecule has 0 aromatic rings. The number of fused-ring (bicyclic) bond motifs is 2. The molecule has 5 atom stereocenters. The average molecular weight is 221 g/mol. The molecule has 3 rings (SSSR count). The lowest BCUT2D eigenvalue weighted by atomic mass is 9.72. The molecule has 0 spiro atoms. The fourth-order valence-electron chi connectivity index (χ4n) is 4.96. The van der Waals surface area contributed by atoms with E-state index < -0.39 is 0 Å². The lowest BCUT2D eigenvalue weighted by molar-refractivity contribution is 0.173. The van der Waals surface area contributed by atoms with Crippen LogP contribution in [0.25, 0.3) is 0 Å². The van der Waals surface area contributed by atoms with Gasteiger partial charge in [-0.05, 0) is 68.2 Å². The van der Waals surface area contributed by atoms with E-state index in [9.17, 15) is 0 Å². The van der Waals surface area contributed by atoms with Crippen LogP contribution in [0.4, 0.5) is 0 Å². The van der Waals surface area contributed by atoms with Crippen LogP contribution < -0.4 is 5.73 Å². The summed E-state index contributed by atoms with van der Waals surface area (Å²) in [6.45, 7) is 0.950. The third-order valence-corrected chi connectivity index (χ3v) is 5.86. The van der Waals surface area contributed by atoms with Gasteiger partial charge >= 0.3 is 0 Å². The molecule has 0 aromatic carbocycles. The third-order valence-electron chi connectivity index (χ3n) is 5.86. The van der Waals surface area contributed by atoms with Crippen molar-refractivity contribution in [3.8, 4) is 0 Å². The molecule has 0 radical (unpaired) electrons. The largest absolute Gasteiger partial charge is 0.330 e. The number of nitrogens with two attached hydrogens (primary N) is 1. The summed E-state index contributed by atoms with van der Waals surface area (Å²) < 4.78 is 0. The van der Waals surface area contributed by atoms with E-state index in [2.05, 4.69) is 0 Å². The molecule has 1 heteroatoms. The summed E-state index contributed by atoms with van der Waals surface area (Å²) in [4.78, 5) is 0. The second-order valence-electron chi connectivity index (χ2n) is 6.71. The van der Waals surface area contributed by atoms with Gasteiger partial charge < -0.3 is 5.73 Å².